The van der Waals surface area contributed by atoms with Crippen molar-refractivity contribution in [3.8, 4) is 5.75 Å². The van der Waals surface area contributed by atoms with Gasteiger partial charge in [-0.15, -0.1) is 11.3 Å². The summed E-state index contributed by atoms with van der Waals surface area (Å²) in [5.74, 6) is 0.401. The number of fused-ring (bicyclic) bond motifs is 1. The second kappa shape index (κ2) is 12.0. The number of ether oxygens (including phenoxy) is 1. The van der Waals surface area contributed by atoms with E-state index in [0.29, 0.717) is 31.2 Å². The number of carbonyl (C=O) groups is 2. The van der Waals surface area contributed by atoms with Crippen LogP contribution in [0.2, 0.25) is 0 Å². The second-order valence-corrected chi connectivity index (χ2v) is 9.25. The third kappa shape index (κ3) is 7.18. The SMILES string of the molecule is CCCN(CCc1cccs1)[C@H]1CCc2c(cccc2OC(=O)CCCNC(C)=O)C1. The average molecular weight is 443 g/mol. The van der Waals surface area contributed by atoms with Gasteiger partial charge < -0.3 is 10.1 Å². The third-order valence-electron chi connectivity index (χ3n) is 5.82. The minimum Gasteiger partial charge on any atom is -0.426 e. The fraction of sp³-hybridized carbons (Fsp3) is 0.520. The maximum absolute atomic E-state index is 12.3. The van der Waals surface area contributed by atoms with Gasteiger partial charge >= 0.3 is 5.97 Å². The zero-order chi connectivity index (χ0) is 22.1. The van der Waals surface area contributed by atoms with Crippen molar-refractivity contribution in [2.45, 2.75) is 64.8 Å². The zero-order valence-electron chi connectivity index (χ0n) is 18.7. The van der Waals surface area contributed by atoms with Crippen LogP contribution in [0.5, 0.6) is 5.75 Å². The van der Waals surface area contributed by atoms with E-state index in [0.717, 1.165) is 45.2 Å². The minimum absolute atomic E-state index is 0.0763. The van der Waals surface area contributed by atoms with E-state index in [2.05, 4.69) is 40.7 Å². The quantitative estimate of drug-likeness (QED) is 0.319. The van der Waals surface area contributed by atoms with Gasteiger partial charge in [0.2, 0.25) is 5.91 Å². The van der Waals surface area contributed by atoms with Gasteiger partial charge in [0.1, 0.15) is 5.75 Å². The van der Waals surface area contributed by atoms with E-state index in [-0.39, 0.29) is 11.9 Å². The third-order valence-corrected chi connectivity index (χ3v) is 6.76. The van der Waals surface area contributed by atoms with Crippen LogP contribution >= 0.6 is 11.3 Å². The molecule has 3 rings (SSSR count). The van der Waals surface area contributed by atoms with Gasteiger partial charge in [-0.2, -0.15) is 0 Å². The molecule has 0 bridgehead atoms. The molecule has 1 aliphatic carbocycles. The molecule has 31 heavy (non-hydrogen) atoms. The molecule has 168 valence electrons. The predicted octanol–water partition coefficient (Wildman–Crippen LogP) is 4.38. The Morgan fingerprint density at radius 1 is 1.23 bits per heavy atom. The smallest absolute Gasteiger partial charge is 0.311 e. The van der Waals surface area contributed by atoms with Crippen molar-refractivity contribution in [1.82, 2.24) is 10.2 Å². The van der Waals surface area contributed by atoms with Crippen LogP contribution in [0, 0.1) is 0 Å². The molecular formula is C25H34N2O3S. The molecule has 1 aromatic heterocycles. The molecule has 5 nitrogen and oxygen atoms in total. The molecule has 1 atom stereocenters. The Morgan fingerprint density at radius 3 is 2.84 bits per heavy atom. The lowest BCUT2D eigenvalue weighted by atomic mass is 9.86. The summed E-state index contributed by atoms with van der Waals surface area (Å²) >= 11 is 1.84. The molecule has 1 N–H and O–H groups in total. The normalized spacial score (nSPS) is 15.5. The van der Waals surface area contributed by atoms with Crippen molar-refractivity contribution in [2.75, 3.05) is 19.6 Å². The molecule has 0 fully saturated rings. The van der Waals surface area contributed by atoms with E-state index in [1.807, 2.05) is 23.5 Å². The summed E-state index contributed by atoms with van der Waals surface area (Å²) in [7, 11) is 0. The van der Waals surface area contributed by atoms with Gasteiger partial charge in [-0.25, -0.2) is 0 Å². The monoisotopic (exact) mass is 442 g/mol. The Hall–Kier alpha value is -2.18. The summed E-state index contributed by atoms with van der Waals surface area (Å²) in [6.07, 6.45) is 6.20. The molecule has 0 saturated carbocycles. The molecule has 2 aromatic rings. The first kappa shape index (κ1) is 23.5. The van der Waals surface area contributed by atoms with Crippen molar-refractivity contribution < 1.29 is 14.3 Å². The number of nitrogens with zero attached hydrogens (tertiary/aromatic N) is 1. The first-order valence-electron chi connectivity index (χ1n) is 11.4. The van der Waals surface area contributed by atoms with Crippen LogP contribution in [0.25, 0.3) is 0 Å². The van der Waals surface area contributed by atoms with Gasteiger partial charge in [0.25, 0.3) is 0 Å². The summed E-state index contributed by atoms with van der Waals surface area (Å²) in [4.78, 5) is 27.3. The molecule has 0 saturated heterocycles. The van der Waals surface area contributed by atoms with Gasteiger partial charge in [-0.05, 0) is 73.7 Å². The number of rotatable bonds is 11. The maximum Gasteiger partial charge on any atom is 0.311 e. The van der Waals surface area contributed by atoms with Gasteiger partial charge in [0.05, 0.1) is 0 Å². The number of benzene rings is 1. The first-order chi connectivity index (χ1) is 15.1. The van der Waals surface area contributed by atoms with Crippen LogP contribution in [-0.4, -0.2) is 42.5 Å². The van der Waals surface area contributed by atoms with E-state index in [1.165, 1.54) is 22.9 Å². The molecule has 0 unspecified atom stereocenters. The van der Waals surface area contributed by atoms with Gasteiger partial charge in [0, 0.05) is 37.4 Å². The van der Waals surface area contributed by atoms with Crippen molar-refractivity contribution in [3.63, 3.8) is 0 Å². The molecular weight excluding hydrogens is 408 g/mol. The van der Waals surface area contributed by atoms with Crippen LogP contribution in [0.4, 0.5) is 0 Å². The lowest BCUT2D eigenvalue weighted by molar-refractivity contribution is -0.134. The molecule has 6 heteroatoms. The number of hydrogen-bond acceptors (Lipinski definition) is 5. The number of amides is 1. The highest BCUT2D eigenvalue weighted by molar-refractivity contribution is 7.09. The van der Waals surface area contributed by atoms with Crippen molar-refractivity contribution >= 4 is 23.2 Å². The molecule has 1 aromatic carbocycles. The molecule has 0 radical (unpaired) electrons. The number of carbonyl (C=O) groups excluding carboxylic acids is 2. The Balaban J connectivity index is 1.57. The molecule has 1 heterocycles. The Labute approximate surface area is 189 Å². The number of hydrogen-bond donors (Lipinski definition) is 1. The largest absolute Gasteiger partial charge is 0.426 e. The summed E-state index contributed by atoms with van der Waals surface area (Å²) in [5, 5.41) is 4.86. The summed E-state index contributed by atoms with van der Waals surface area (Å²) in [6, 6.07) is 11.0. The highest BCUT2D eigenvalue weighted by Crippen LogP contribution is 2.32. The van der Waals surface area contributed by atoms with Crippen molar-refractivity contribution in [2.24, 2.45) is 0 Å². The summed E-state index contributed by atoms with van der Waals surface area (Å²) in [5.41, 5.74) is 2.49. The Morgan fingerprint density at radius 2 is 2.10 bits per heavy atom. The zero-order valence-corrected chi connectivity index (χ0v) is 19.5. The second-order valence-electron chi connectivity index (χ2n) is 8.22. The highest BCUT2D eigenvalue weighted by atomic mass is 32.1. The Kier molecular flexibility index (Phi) is 9.10. The first-order valence-corrected chi connectivity index (χ1v) is 12.3. The van der Waals surface area contributed by atoms with Crippen LogP contribution in [-0.2, 0) is 28.9 Å². The van der Waals surface area contributed by atoms with E-state index in [4.69, 9.17) is 4.74 Å². The summed E-state index contributed by atoms with van der Waals surface area (Å²) < 4.78 is 5.70. The molecule has 0 aliphatic heterocycles. The average Bonchev–Trinajstić information content (AvgIpc) is 3.27. The van der Waals surface area contributed by atoms with Crippen molar-refractivity contribution in [3.05, 3.63) is 51.7 Å². The van der Waals surface area contributed by atoms with E-state index in [9.17, 15) is 9.59 Å². The predicted molar refractivity (Wildman–Crippen MR) is 126 cm³/mol. The lowest BCUT2D eigenvalue weighted by Crippen LogP contribution is -2.41. The minimum atomic E-state index is -0.232. The van der Waals surface area contributed by atoms with Gasteiger partial charge in [-0.3, -0.25) is 14.5 Å². The lowest BCUT2D eigenvalue weighted by Gasteiger charge is -2.35. The van der Waals surface area contributed by atoms with Crippen LogP contribution in [0.15, 0.2) is 35.7 Å². The Bertz CT molecular complexity index is 850. The highest BCUT2D eigenvalue weighted by Gasteiger charge is 2.26. The molecule has 0 spiro atoms. The van der Waals surface area contributed by atoms with Crippen molar-refractivity contribution in [1.29, 1.82) is 0 Å². The maximum atomic E-state index is 12.3. The van der Waals surface area contributed by atoms with E-state index < -0.39 is 0 Å². The van der Waals surface area contributed by atoms with E-state index in [1.54, 1.807) is 0 Å². The van der Waals surface area contributed by atoms with Crippen LogP contribution in [0.3, 0.4) is 0 Å². The van der Waals surface area contributed by atoms with Crippen LogP contribution in [0.1, 0.15) is 55.5 Å². The fourth-order valence-electron chi connectivity index (χ4n) is 4.30. The number of nitrogens with one attached hydrogen (secondary N) is 1. The fourth-order valence-corrected chi connectivity index (χ4v) is 5.00. The number of thiophene rings is 1. The van der Waals surface area contributed by atoms with Gasteiger partial charge in [0.15, 0.2) is 0 Å². The number of esters is 1. The van der Waals surface area contributed by atoms with E-state index >= 15 is 0 Å². The molecule has 1 amide bonds. The van der Waals surface area contributed by atoms with Gasteiger partial charge in [-0.1, -0.05) is 25.1 Å². The topological polar surface area (TPSA) is 58.6 Å². The van der Waals surface area contributed by atoms with Crippen LogP contribution < -0.4 is 10.1 Å². The standard InChI is InChI=1S/C25H34N2O3S/c1-3-15-27(16-13-22-8-6-17-31-22)21-11-12-23-20(18-21)7-4-9-24(23)30-25(29)10-5-14-26-19(2)28/h4,6-9,17,21H,3,5,10-16,18H2,1-2H3,(H,26,28)/t21-/m0/s1. The summed E-state index contributed by atoms with van der Waals surface area (Å²) in [6.45, 7) is 6.44. The molecule has 1 aliphatic rings.